The van der Waals surface area contributed by atoms with Gasteiger partial charge in [0.1, 0.15) is 16.5 Å². The van der Waals surface area contributed by atoms with Crippen molar-refractivity contribution in [2.75, 3.05) is 29.8 Å². The van der Waals surface area contributed by atoms with Crippen molar-refractivity contribution in [3.8, 4) is 5.75 Å². The molecule has 2 aliphatic heterocycles. The van der Waals surface area contributed by atoms with Crippen LogP contribution in [-0.4, -0.2) is 58.3 Å². The molecule has 1 saturated heterocycles. The third kappa shape index (κ3) is 3.29. The number of carbonyl (C=O) groups is 1. The minimum Gasteiger partial charge on any atom is -0.492 e. The van der Waals surface area contributed by atoms with E-state index in [0.29, 0.717) is 16.7 Å². The zero-order chi connectivity index (χ0) is 20.0. The van der Waals surface area contributed by atoms with Gasteiger partial charge in [0.05, 0.1) is 37.1 Å². The van der Waals surface area contributed by atoms with E-state index in [2.05, 4.69) is 4.99 Å². The van der Waals surface area contributed by atoms with Gasteiger partial charge in [0.25, 0.3) is 10.0 Å². The summed E-state index contributed by atoms with van der Waals surface area (Å²) in [6.45, 7) is 5.60. The lowest BCUT2D eigenvalue weighted by Crippen LogP contribution is -2.34. The summed E-state index contributed by atoms with van der Waals surface area (Å²) >= 11 is 0. The molecule has 11 heteroatoms. The van der Waals surface area contributed by atoms with Crippen LogP contribution in [0.4, 0.5) is 5.69 Å². The molecule has 0 spiro atoms. The summed E-state index contributed by atoms with van der Waals surface area (Å²) < 4.78 is 58.2. The number of amidine groups is 1. The fourth-order valence-electron chi connectivity index (χ4n) is 3.14. The van der Waals surface area contributed by atoms with Crippen molar-refractivity contribution < 1.29 is 26.4 Å². The average Bonchev–Trinajstić information content (AvgIpc) is 3.10. The molecule has 1 amide bonds. The summed E-state index contributed by atoms with van der Waals surface area (Å²) in [5.41, 5.74) is -0.0137. The van der Waals surface area contributed by atoms with Crippen LogP contribution in [-0.2, 0) is 24.8 Å². The number of carbonyl (C=O) groups excluding carboxylic acids is 1. The fraction of sp³-hybridized carbons (Fsp3) is 0.500. The highest BCUT2D eigenvalue weighted by atomic mass is 32.2. The Kier molecular flexibility index (Phi) is 4.93. The second kappa shape index (κ2) is 6.79. The van der Waals surface area contributed by atoms with E-state index in [9.17, 15) is 21.6 Å². The van der Waals surface area contributed by atoms with Crippen molar-refractivity contribution in [2.45, 2.75) is 25.7 Å². The molecule has 0 aromatic heterocycles. The zero-order valence-electron chi connectivity index (χ0n) is 15.2. The van der Waals surface area contributed by atoms with Crippen LogP contribution in [0.3, 0.4) is 0 Å². The van der Waals surface area contributed by atoms with Gasteiger partial charge in [-0.15, -0.1) is 0 Å². The molecule has 0 aliphatic carbocycles. The summed E-state index contributed by atoms with van der Waals surface area (Å²) in [5.74, 6) is -1.13. The molecule has 2 heterocycles. The molecule has 2 aliphatic rings. The van der Waals surface area contributed by atoms with E-state index in [0.717, 1.165) is 4.31 Å². The molecule has 1 unspecified atom stereocenters. The lowest BCUT2D eigenvalue weighted by atomic mass is 10.2. The van der Waals surface area contributed by atoms with Gasteiger partial charge in [0, 0.05) is 0 Å². The first-order valence-electron chi connectivity index (χ1n) is 8.47. The number of sulfonamides is 2. The standard InChI is InChI=1S/C16H21N3O6S2/c1-4-25-14-6-5-13(19-16(20)11(2)10-26(19,21)22)9-15(14)27(23,24)18-8-7-17-12(18)3/h5-6,9,11H,4,7-8,10H2,1-3H3. The number of nitrogens with zero attached hydrogens (tertiary/aromatic N) is 3. The summed E-state index contributed by atoms with van der Waals surface area (Å²) in [6, 6.07) is 3.93. The molecule has 1 aromatic rings. The van der Waals surface area contributed by atoms with Gasteiger partial charge < -0.3 is 4.74 Å². The number of hydrogen-bond donors (Lipinski definition) is 0. The van der Waals surface area contributed by atoms with E-state index >= 15 is 0 Å². The van der Waals surface area contributed by atoms with Gasteiger partial charge in [-0.3, -0.25) is 14.1 Å². The Morgan fingerprint density at radius 2 is 2.04 bits per heavy atom. The molecular formula is C16H21N3O6S2. The molecule has 0 saturated carbocycles. The van der Waals surface area contributed by atoms with Crippen LogP contribution in [0.25, 0.3) is 0 Å². The molecule has 27 heavy (non-hydrogen) atoms. The molecule has 0 N–H and O–H groups in total. The van der Waals surface area contributed by atoms with Crippen molar-refractivity contribution >= 4 is 37.5 Å². The Balaban J connectivity index is 2.15. The summed E-state index contributed by atoms with van der Waals surface area (Å²) in [7, 11) is -7.86. The SMILES string of the molecule is CCOc1ccc(N2C(=O)C(C)CS2(=O)=O)cc1S(=O)(=O)N1CCN=C1C. The maximum atomic E-state index is 13.1. The Morgan fingerprint density at radius 3 is 2.56 bits per heavy atom. The maximum absolute atomic E-state index is 13.1. The second-order valence-electron chi connectivity index (χ2n) is 6.35. The van der Waals surface area contributed by atoms with Crippen molar-refractivity contribution in [1.82, 2.24) is 4.31 Å². The Bertz CT molecular complexity index is 1020. The summed E-state index contributed by atoms with van der Waals surface area (Å²) in [4.78, 5) is 16.2. The minimum absolute atomic E-state index is 0.0137. The highest BCUT2D eigenvalue weighted by Crippen LogP contribution is 2.35. The Hall–Kier alpha value is -2.14. The normalized spacial score (nSPS) is 22.3. The molecule has 9 nitrogen and oxygen atoms in total. The van der Waals surface area contributed by atoms with Gasteiger partial charge in [0.2, 0.25) is 15.9 Å². The first-order valence-corrected chi connectivity index (χ1v) is 11.5. The lowest BCUT2D eigenvalue weighted by molar-refractivity contribution is -0.119. The van der Waals surface area contributed by atoms with E-state index in [1.54, 1.807) is 13.8 Å². The van der Waals surface area contributed by atoms with E-state index in [4.69, 9.17) is 4.74 Å². The molecule has 0 bridgehead atoms. The van der Waals surface area contributed by atoms with Gasteiger partial charge in [-0.2, -0.15) is 0 Å². The average molecular weight is 415 g/mol. The van der Waals surface area contributed by atoms with Crippen molar-refractivity contribution in [2.24, 2.45) is 10.9 Å². The molecule has 1 aromatic carbocycles. The van der Waals surface area contributed by atoms with E-state index in [1.165, 1.54) is 25.1 Å². The van der Waals surface area contributed by atoms with E-state index in [1.807, 2.05) is 0 Å². The van der Waals surface area contributed by atoms with Gasteiger partial charge in [0.15, 0.2) is 0 Å². The van der Waals surface area contributed by atoms with Gasteiger partial charge in [-0.25, -0.2) is 21.1 Å². The van der Waals surface area contributed by atoms with Crippen LogP contribution < -0.4 is 9.04 Å². The van der Waals surface area contributed by atoms with Crippen LogP contribution >= 0.6 is 0 Å². The molecule has 148 valence electrons. The quantitative estimate of drug-likeness (QED) is 0.703. The van der Waals surface area contributed by atoms with Crippen LogP contribution in [0.1, 0.15) is 20.8 Å². The predicted octanol–water partition coefficient (Wildman–Crippen LogP) is 0.821. The fourth-order valence-corrected chi connectivity index (χ4v) is 6.57. The third-order valence-corrected chi connectivity index (χ3v) is 8.17. The van der Waals surface area contributed by atoms with Crippen LogP contribution in [0, 0.1) is 5.92 Å². The number of aliphatic imine (C=N–C) groups is 1. The topological polar surface area (TPSA) is 113 Å². The molecule has 1 atom stereocenters. The third-order valence-electron chi connectivity index (χ3n) is 4.39. The van der Waals surface area contributed by atoms with E-state index < -0.39 is 31.9 Å². The molecular weight excluding hydrogens is 394 g/mol. The summed E-state index contributed by atoms with van der Waals surface area (Å²) in [5, 5.41) is 0. The lowest BCUT2D eigenvalue weighted by Gasteiger charge is -2.22. The zero-order valence-corrected chi connectivity index (χ0v) is 16.9. The first kappa shape index (κ1) is 19.6. The summed E-state index contributed by atoms with van der Waals surface area (Å²) in [6.07, 6.45) is 0. The minimum atomic E-state index is -4.02. The number of amides is 1. The highest BCUT2D eigenvalue weighted by Gasteiger charge is 2.43. The highest BCUT2D eigenvalue weighted by molar-refractivity contribution is 7.94. The van der Waals surface area contributed by atoms with Crippen molar-refractivity contribution in [3.05, 3.63) is 18.2 Å². The molecule has 0 radical (unpaired) electrons. The van der Waals surface area contributed by atoms with Gasteiger partial charge in [-0.05, 0) is 32.0 Å². The van der Waals surface area contributed by atoms with Gasteiger partial charge in [-0.1, -0.05) is 6.92 Å². The monoisotopic (exact) mass is 415 g/mol. The second-order valence-corrected chi connectivity index (χ2v) is 10.0. The Morgan fingerprint density at radius 1 is 1.33 bits per heavy atom. The number of anilines is 1. The van der Waals surface area contributed by atoms with E-state index in [-0.39, 0.29) is 35.2 Å². The maximum Gasteiger partial charge on any atom is 0.269 e. The van der Waals surface area contributed by atoms with Gasteiger partial charge >= 0.3 is 0 Å². The van der Waals surface area contributed by atoms with Crippen LogP contribution in [0.5, 0.6) is 5.75 Å². The van der Waals surface area contributed by atoms with Crippen molar-refractivity contribution in [3.63, 3.8) is 0 Å². The predicted molar refractivity (Wildman–Crippen MR) is 99.9 cm³/mol. The largest absolute Gasteiger partial charge is 0.492 e. The van der Waals surface area contributed by atoms with Crippen LogP contribution in [0.15, 0.2) is 28.1 Å². The van der Waals surface area contributed by atoms with Crippen molar-refractivity contribution in [1.29, 1.82) is 0 Å². The number of benzene rings is 1. The molecule has 1 fully saturated rings. The first-order chi connectivity index (χ1) is 12.6. The number of rotatable bonds is 5. The Labute approximate surface area is 158 Å². The molecule has 3 rings (SSSR count). The number of hydrogen-bond acceptors (Lipinski definition) is 7. The smallest absolute Gasteiger partial charge is 0.269 e. The number of ether oxygens (including phenoxy) is 1. The van der Waals surface area contributed by atoms with Crippen LogP contribution in [0.2, 0.25) is 0 Å².